The van der Waals surface area contributed by atoms with Gasteiger partial charge in [0.25, 0.3) is 0 Å². The lowest BCUT2D eigenvalue weighted by Gasteiger charge is -2.09. The lowest BCUT2D eigenvalue weighted by Crippen LogP contribution is -2.15. The molecule has 0 bridgehead atoms. The van der Waals surface area contributed by atoms with Gasteiger partial charge in [-0.2, -0.15) is 0 Å². The molecule has 0 radical (unpaired) electrons. The summed E-state index contributed by atoms with van der Waals surface area (Å²) in [5.41, 5.74) is 5.20. The van der Waals surface area contributed by atoms with Gasteiger partial charge in [-0.05, 0) is 17.5 Å². The SMILES string of the molecule is CC(C)c1ccc(C(=N)N)c(F)c1F. The molecule has 2 nitrogen and oxygen atoms in total. The minimum atomic E-state index is -1.04. The van der Waals surface area contributed by atoms with Crippen LogP contribution in [-0.4, -0.2) is 5.84 Å². The number of nitrogens with two attached hydrogens (primary N) is 1. The van der Waals surface area contributed by atoms with Crippen molar-refractivity contribution in [2.45, 2.75) is 19.8 Å². The molecular formula is C10H12F2N2. The Morgan fingerprint density at radius 2 is 1.86 bits per heavy atom. The molecule has 0 aliphatic carbocycles. The molecule has 0 heterocycles. The topological polar surface area (TPSA) is 49.9 Å². The van der Waals surface area contributed by atoms with Crippen molar-refractivity contribution in [2.75, 3.05) is 0 Å². The van der Waals surface area contributed by atoms with E-state index in [9.17, 15) is 8.78 Å². The first kappa shape index (κ1) is 10.6. The highest BCUT2D eigenvalue weighted by Gasteiger charge is 2.16. The van der Waals surface area contributed by atoms with E-state index in [4.69, 9.17) is 11.1 Å². The highest BCUT2D eigenvalue weighted by atomic mass is 19.2. The van der Waals surface area contributed by atoms with E-state index in [0.29, 0.717) is 5.56 Å². The summed E-state index contributed by atoms with van der Waals surface area (Å²) < 4.78 is 26.6. The van der Waals surface area contributed by atoms with Gasteiger partial charge in [-0.1, -0.05) is 19.9 Å². The second kappa shape index (κ2) is 3.74. The average Bonchev–Trinajstić information content (AvgIpc) is 2.08. The number of halogens is 2. The summed E-state index contributed by atoms with van der Waals surface area (Å²) in [6, 6.07) is 2.79. The van der Waals surface area contributed by atoms with Crippen LogP contribution in [0.25, 0.3) is 0 Å². The Bertz CT molecular complexity index is 373. The fourth-order valence-corrected chi connectivity index (χ4v) is 1.22. The largest absolute Gasteiger partial charge is 0.384 e. The molecule has 1 aromatic carbocycles. The highest BCUT2D eigenvalue weighted by Crippen LogP contribution is 2.22. The van der Waals surface area contributed by atoms with E-state index in [1.165, 1.54) is 12.1 Å². The minimum absolute atomic E-state index is 0.0921. The van der Waals surface area contributed by atoms with E-state index >= 15 is 0 Å². The van der Waals surface area contributed by atoms with Crippen LogP contribution in [0.15, 0.2) is 12.1 Å². The summed E-state index contributed by atoms with van der Waals surface area (Å²) in [7, 11) is 0. The van der Waals surface area contributed by atoms with Crippen LogP contribution in [-0.2, 0) is 0 Å². The first-order valence-electron chi connectivity index (χ1n) is 4.27. The molecule has 1 rings (SSSR count). The summed E-state index contributed by atoms with van der Waals surface area (Å²) in [4.78, 5) is 0. The van der Waals surface area contributed by atoms with Gasteiger partial charge in [0.2, 0.25) is 0 Å². The molecule has 0 unspecified atom stereocenters. The zero-order valence-electron chi connectivity index (χ0n) is 8.07. The second-order valence-electron chi connectivity index (χ2n) is 3.40. The van der Waals surface area contributed by atoms with Gasteiger partial charge in [0.15, 0.2) is 11.6 Å². The van der Waals surface area contributed by atoms with Gasteiger partial charge >= 0.3 is 0 Å². The Morgan fingerprint density at radius 1 is 1.29 bits per heavy atom. The molecule has 0 atom stereocenters. The van der Waals surface area contributed by atoms with Crippen LogP contribution in [0.5, 0.6) is 0 Å². The molecule has 4 heteroatoms. The normalized spacial score (nSPS) is 10.6. The average molecular weight is 198 g/mol. The molecule has 0 saturated heterocycles. The first-order valence-corrected chi connectivity index (χ1v) is 4.27. The standard InChI is InChI=1S/C10H12F2N2/c1-5(2)6-3-4-7(10(13)14)9(12)8(6)11/h3-5H,1-2H3,(H3,13,14). The number of nitrogen functional groups attached to an aromatic ring is 1. The van der Waals surface area contributed by atoms with Gasteiger partial charge in [0.1, 0.15) is 5.84 Å². The molecule has 0 saturated carbocycles. The lowest BCUT2D eigenvalue weighted by atomic mass is 10.00. The van der Waals surface area contributed by atoms with Crippen molar-refractivity contribution in [3.63, 3.8) is 0 Å². The van der Waals surface area contributed by atoms with Crippen molar-refractivity contribution < 1.29 is 8.78 Å². The minimum Gasteiger partial charge on any atom is -0.384 e. The third kappa shape index (κ3) is 1.73. The van der Waals surface area contributed by atoms with Crippen LogP contribution in [0.4, 0.5) is 8.78 Å². The van der Waals surface area contributed by atoms with Gasteiger partial charge in [0.05, 0.1) is 5.56 Å². The van der Waals surface area contributed by atoms with Crippen molar-refractivity contribution in [1.29, 1.82) is 5.41 Å². The van der Waals surface area contributed by atoms with Crippen molar-refractivity contribution >= 4 is 5.84 Å². The monoisotopic (exact) mass is 198 g/mol. The van der Waals surface area contributed by atoms with Crippen LogP contribution in [0.1, 0.15) is 30.9 Å². The molecule has 1 aromatic rings. The zero-order chi connectivity index (χ0) is 10.9. The smallest absolute Gasteiger partial charge is 0.170 e. The fourth-order valence-electron chi connectivity index (χ4n) is 1.22. The Hall–Kier alpha value is -1.45. The summed E-state index contributed by atoms with van der Waals surface area (Å²) in [5, 5.41) is 7.02. The van der Waals surface area contributed by atoms with Gasteiger partial charge in [-0.15, -0.1) is 0 Å². The summed E-state index contributed by atoms with van der Waals surface area (Å²) in [5.74, 6) is -2.50. The first-order chi connectivity index (χ1) is 6.45. The Kier molecular flexibility index (Phi) is 2.84. The van der Waals surface area contributed by atoms with Crippen LogP contribution < -0.4 is 5.73 Å². The van der Waals surface area contributed by atoms with E-state index in [1.54, 1.807) is 13.8 Å². The summed E-state index contributed by atoms with van der Waals surface area (Å²) in [6.07, 6.45) is 0. The Morgan fingerprint density at radius 3 is 2.29 bits per heavy atom. The fraction of sp³-hybridized carbons (Fsp3) is 0.300. The van der Waals surface area contributed by atoms with Crippen molar-refractivity contribution in [3.8, 4) is 0 Å². The van der Waals surface area contributed by atoms with E-state index in [0.717, 1.165) is 0 Å². The molecule has 0 spiro atoms. The number of hydrogen-bond acceptors (Lipinski definition) is 1. The predicted molar refractivity (Wildman–Crippen MR) is 51.5 cm³/mol. The maximum absolute atomic E-state index is 13.3. The van der Waals surface area contributed by atoms with E-state index in [2.05, 4.69) is 0 Å². The van der Waals surface area contributed by atoms with Crippen molar-refractivity contribution in [1.82, 2.24) is 0 Å². The maximum atomic E-state index is 13.3. The molecule has 76 valence electrons. The maximum Gasteiger partial charge on any atom is 0.170 e. The van der Waals surface area contributed by atoms with E-state index in [1.807, 2.05) is 0 Å². The molecule has 0 aromatic heterocycles. The van der Waals surface area contributed by atoms with Gasteiger partial charge in [-0.3, -0.25) is 5.41 Å². The van der Waals surface area contributed by atoms with Crippen LogP contribution in [0.2, 0.25) is 0 Å². The molecule has 0 fully saturated rings. The van der Waals surface area contributed by atoms with E-state index < -0.39 is 17.5 Å². The van der Waals surface area contributed by atoms with Crippen molar-refractivity contribution in [3.05, 3.63) is 34.9 Å². The lowest BCUT2D eigenvalue weighted by molar-refractivity contribution is 0.492. The molecule has 0 aliphatic heterocycles. The third-order valence-corrected chi connectivity index (χ3v) is 2.02. The number of nitrogens with one attached hydrogen (secondary N) is 1. The Balaban J connectivity index is 3.33. The van der Waals surface area contributed by atoms with Crippen molar-refractivity contribution in [2.24, 2.45) is 5.73 Å². The van der Waals surface area contributed by atoms with Gasteiger partial charge in [0, 0.05) is 0 Å². The molecule has 14 heavy (non-hydrogen) atoms. The number of amidine groups is 1. The van der Waals surface area contributed by atoms with Gasteiger partial charge in [-0.25, -0.2) is 8.78 Å². The van der Waals surface area contributed by atoms with Gasteiger partial charge < -0.3 is 5.73 Å². The summed E-state index contributed by atoms with van der Waals surface area (Å²) >= 11 is 0. The highest BCUT2D eigenvalue weighted by molar-refractivity contribution is 5.95. The molecule has 0 amide bonds. The molecule has 0 aliphatic rings. The molecular weight excluding hydrogens is 186 g/mol. The quantitative estimate of drug-likeness (QED) is 0.556. The predicted octanol–water partition coefficient (Wildman–Crippen LogP) is 2.37. The van der Waals surface area contributed by atoms with E-state index in [-0.39, 0.29) is 11.5 Å². The van der Waals surface area contributed by atoms with Crippen LogP contribution in [0.3, 0.4) is 0 Å². The number of benzene rings is 1. The third-order valence-electron chi connectivity index (χ3n) is 2.02. The number of rotatable bonds is 2. The number of hydrogen-bond donors (Lipinski definition) is 2. The summed E-state index contributed by atoms with van der Waals surface area (Å²) in [6.45, 7) is 3.54. The second-order valence-corrected chi connectivity index (χ2v) is 3.40. The van der Waals surface area contributed by atoms with Crippen LogP contribution >= 0.6 is 0 Å². The zero-order valence-corrected chi connectivity index (χ0v) is 8.07. The Labute approximate surface area is 81.2 Å². The molecule has 3 N–H and O–H groups in total. The van der Waals surface area contributed by atoms with Crippen LogP contribution in [0, 0.1) is 17.0 Å².